The first-order valence-electron chi connectivity index (χ1n) is 11.9. The van der Waals surface area contributed by atoms with Gasteiger partial charge in [-0.1, -0.05) is 42.5 Å². The Bertz CT molecular complexity index is 1380. The van der Waals surface area contributed by atoms with Gasteiger partial charge in [0.15, 0.2) is 0 Å². The average Bonchev–Trinajstić information content (AvgIpc) is 3.52. The SMILES string of the molecule is Cc1cc(O)ccc1-c1csc(N2N=C(c3ccc4c(c3)CCCC4)CC2c2ccccc2)n1. The maximum absolute atomic E-state index is 9.79. The predicted octanol–water partition coefficient (Wildman–Crippen LogP) is 7.06. The zero-order valence-corrected chi connectivity index (χ0v) is 20.1. The number of aromatic hydroxyl groups is 1. The van der Waals surface area contributed by atoms with Gasteiger partial charge in [-0.15, -0.1) is 11.3 Å². The molecule has 0 amide bonds. The van der Waals surface area contributed by atoms with Gasteiger partial charge in [0.1, 0.15) is 5.75 Å². The zero-order valence-electron chi connectivity index (χ0n) is 19.2. The van der Waals surface area contributed by atoms with Crippen molar-refractivity contribution in [2.75, 3.05) is 5.01 Å². The molecule has 1 N–H and O–H groups in total. The van der Waals surface area contributed by atoms with Gasteiger partial charge < -0.3 is 5.11 Å². The van der Waals surface area contributed by atoms with Crippen LogP contribution in [0.3, 0.4) is 0 Å². The Kier molecular flexibility index (Phi) is 5.42. The molecule has 34 heavy (non-hydrogen) atoms. The van der Waals surface area contributed by atoms with E-state index in [4.69, 9.17) is 10.1 Å². The highest BCUT2D eigenvalue weighted by Gasteiger charge is 2.32. The minimum absolute atomic E-state index is 0.118. The van der Waals surface area contributed by atoms with Crippen LogP contribution in [0.1, 0.15) is 53.1 Å². The molecule has 0 radical (unpaired) electrons. The van der Waals surface area contributed by atoms with E-state index in [-0.39, 0.29) is 11.8 Å². The number of hydrazone groups is 1. The van der Waals surface area contributed by atoms with Crippen molar-refractivity contribution in [2.45, 2.75) is 45.1 Å². The van der Waals surface area contributed by atoms with Crippen LogP contribution in [-0.2, 0) is 12.8 Å². The van der Waals surface area contributed by atoms with E-state index in [1.165, 1.54) is 47.9 Å². The van der Waals surface area contributed by atoms with Gasteiger partial charge in [-0.25, -0.2) is 9.99 Å². The number of anilines is 1. The van der Waals surface area contributed by atoms with Crippen molar-refractivity contribution in [2.24, 2.45) is 5.10 Å². The molecule has 5 heteroatoms. The molecule has 2 heterocycles. The van der Waals surface area contributed by atoms with Crippen LogP contribution < -0.4 is 5.01 Å². The molecule has 4 aromatic rings. The van der Waals surface area contributed by atoms with Crippen LogP contribution in [0.4, 0.5) is 5.13 Å². The molecule has 1 aliphatic heterocycles. The van der Waals surface area contributed by atoms with Crippen LogP contribution in [0.25, 0.3) is 11.3 Å². The molecule has 0 fully saturated rings. The van der Waals surface area contributed by atoms with Crippen LogP contribution in [0.15, 0.2) is 77.2 Å². The molecule has 1 unspecified atom stereocenters. The van der Waals surface area contributed by atoms with Crippen molar-refractivity contribution < 1.29 is 5.11 Å². The second-order valence-corrected chi connectivity index (χ2v) is 10.1. The van der Waals surface area contributed by atoms with Crippen molar-refractivity contribution in [1.29, 1.82) is 0 Å². The van der Waals surface area contributed by atoms with Crippen molar-refractivity contribution >= 4 is 22.2 Å². The smallest absolute Gasteiger partial charge is 0.207 e. The molecular weight excluding hydrogens is 438 g/mol. The number of hydrogen-bond acceptors (Lipinski definition) is 5. The quantitative estimate of drug-likeness (QED) is 0.351. The minimum atomic E-state index is 0.118. The maximum atomic E-state index is 9.79. The topological polar surface area (TPSA) is 48.7 Å². The summed E-state index contributed by atoms with van der Waals surface area (Å²) in [5.41, 5.74) is 9.55. The van der Waals surface area contributed by atoms with Crippen LogP contribution in [0.5, 0.6) is 5.75 Å². The third-order valence-electron chi connectivity index (χ3n) is 6.95. The number of phenolic OH excluding ortho intramolecular Hbond substituents is 1. The lowest BCUT2D eigenvalue weighted by molar-refractivity contribution is 0.475. The molecule has 4 nitrogen and oxygen atoms in total. The summed E-state index contributed by atoms with van der Waals surface area (Å²) < 4.78 is 0. The van der Waals surface area contributed by atoms with Gasteiger partial charge in [0.05, 0.1) is 17.4 Å². The monoisotopic (exact) mass is 465 g/mol. The van der Waals surface area contributed by atoms with E-state index in [9.17, 15) is 5.11 Å². The minimum Gasteiger partial charge on any atom is -0.508 e. The molecule has 0 spiro atoms. The number of thiazole rings is 1. The molecule has 1 aliphatic carbocycles. The number of phenols is 1. The Balaban J connectivity index is 1.38. The number of benzene rings is 3. The van der Waals surface area contributed by atoms with E-state index < -0.39 is 0 Å². The van der Waals surface area contributed by atoms with E-state index in [0.29, 0.717) is 0 Å². The molecule has 0 saturated heterocycles. The maximum Gasteiger partial charge on any atom is 0.207 e. The summed E-state index contributed by atoms with van der Waals surface area (Å²) in [6.07, 6.45) is 5.80. The third-order valence-corrected chi connectivity index (χ3v) is 7.78. The summed E-state index contributed by atoms with van der Waals surface area (Å²) in [5, 5.41) is 20.0. The van der Waals surface area contributed by atoms with Gasteiger partial charge in [0.2, 0.25) is 5.13 Å². The molecule has 0 bridgehead atoms. The van der Waals surface area contributed by atoms with Gasteiger partial charge in [-0.2, -0.15) is 5.10 Å². The number of hydrogen-bond donors (Lipinski definition) is 1. The second kappa shape index (κ2) is 8.73. The average molecular weight is 466 g/mol. The molecule has 170 valence electrons. The fourth-order valence-corrected chi connectivity index (χ4v) is 5.96. The van der Waals surface area contributed by atoms with Gasteiger partial charge >= 0.3 is 0 Å². The van der Waals surface area contributed by atoms with E-state index in [1.54, 1.807) is 23.5 Å². The lowest BCUT2D eigenvalue weighted by atomic mass is 9.89. The Morgan fingerprint density at radius 1 is 0.941 bits per heavy atom. The normalized spacial score (nSPS) is 17.5. The molecule has 1 aromatic heterocycles. The molecule has 2 aliphatic rings. The zero-order chi connectivity index (χ0) is 23.1. The van der Waals surface area contributed by atoms with Gasteiger partial charge in [0.25, 0.3) is 0 Å². The van der Waals surface area contributed by atoms with Crippen LogP contribution >= 0.6 is 11.3 Å². The van der Waals surface area contributed by atoms with Crippen molar-refractivity contribution in [3.63, 3.8) is 0 Å². The molecule has 6 rings (SSSR count). The van der Waals surface area contributed by atoms with Crippen molar-refractivity contribution in [3.05, 3.63) is 99.9 Å². The lowest BCUT2D eigenvalue weighted by Crippen LogP contribution is -2.18. The highest BCUT2D eigenvalue weighted by atomic mass is 32.1. The van der Waals surface area contributed by atoms with Gasteiger partial charge in [-0.3, -0.25) is 0 Å². The van der Waals surface area contributed by atoms with E-state index >= 15 is 0 Å². The van der Waals surface area contributed by atoms with Crippen LogP contribution in [0.2, 0.25) is 0 Å². The fraction of sp³-hybridized carbons (Fsp3) is 0.241. The van der Waals surface area contributed by atoms with Crippen LogP contribution in [-0.4, -0.2) is 15.8 Å². The lowest BCUT2D eigenvalue weighted by Gasteiger charge is -2.21. The number of nitrogens with zero attached hydrogens (tertiary/aromatic N) is 3. The first-order chi connectivity index (χ1) is 16.7. The Morgan fingerprint density at radius 3 is 2.59 bits per heavy atom. The summed E-state index contributed by atoms with van der Waals surface area (Å²) in [4.78, 5) is 4.98. The number of rotatable bonds is 4. The van der Waals surface area contributed by atoms with E-state index in [2.05, 4.69) is 58.9 Å². The van der Waals surface area contributed by atoms with E-state index in [0.717, 1.165) is 34.1 Å². The third kappa shape index (κ3) is 3.90. The van der Waals surface area contributed by atoms with Gasteiger partial charge in [-0.05, 0) is 84.7 Å². The Morgan fingerprint density at radius 2 is 1.76 bits per heavy atom. The van der Waals surface area contributed by atoms with E-state index in [1.807, 2.05) is 13.0 Å². The number of aromatic nitrogens is 1. The first kappa shape index (κ1) is 21.1. The highest BCUT2D eigenvalue weighted by Crippen LogP contribution is 2.40. The largest absolute Gasteiger partial charge is 0.508 e. The van der Waals surface area contributed by atoms with Crippen LogP contribution in [0, 0.1) is 6.92 Å². The summed E-state index contributed by atoms with van der Waals surface area (Å²) in [7, 11) is 0. The summed E-state index contributed by atoms with van der Waals surface area (Å²) in [6, 6.07) is 23.1. The number of fused-ring (bicyclic) bond motifs is 1. The van der Waals surface area contributed by atoms with Crippen molar-refractivity contribution in [3.8, 4) is 17.0 Å². The Hall–Kier alpha value is -3.44. The molecule has 0 saturated carbocycles. The molecule has 1 atom stereocenters. The van der Waals surface area contributed by atoms with Crippen molar-refractivity contribution in [1.82, 2.24) is 4.98 Å². The Labute approximate surface area is 204 Å². The predicted molar refractivity (Wildman–Crippen MR) is 140 cm³/mol. The van der Waals surface area contributed by atoms with Gasteiger partial charge in [0, 0.05) is 17.4 Å². The standard InChI is InChI=1S/C29H27N3OS/c1-19-15-24(33)13-14-25(19)27-18-34-29(30-27)32-28(21-8-3-2-4-9-21)17-26(31-32)23-12-11-20-7-5-6-10-22(20)16-23/h2-4,8-9,11-16,18,28,33H,5-7,10,17H2,1H3. The second-order valence-electron chi connectivity index (χ2n) is 9.23. The highest BCUT2D eigenvalue weighted by molar-refractivity contribution is 7.14. The molecular formula is C29H27N3OS. The summed E-state index contributed by atoms with van der Waals surface area (Å²) in [6.45, 7) is 2.00. The summed E-state index contributed by atoms with van der Waals surface area (Å²) >= 11 is 1.62. The fourth-order valence-electron chi connectivity index (χ4n) is 5.14. The summed E-state index contributed by atoms with van der Waals surface area (Å²) in [5.74, 6) is 0.277. The molecule has 3 aromatic carbocycles. The first-order valence-corrected chi connectivity index (χ1v) is 12.8. The number of aryl methyl sites for hydroxylation is 3.